The Balaban J connectivity index is 1.33. The largest absolute Gasteiger partial charge is 0.496 e. The molecule has 6 unspecified atom stereocenters. The quantitative estimate of drug-likeness (QED) is 0.0301. The molecule has 350 valence electrons. The standard InChI is InChI=1S/C56H62N2O9/c1-4-27-58(55(62)42-22-21-39-17-9-10-18-40(39)31-42)52-35-49(57-65-37-38-15-7-6-8-16-38)47-33-41(19-11-13-28-59)46(20-12-14-29-60)53-48-34-45(66-44-23-25-50(63-3)43(32-44)36-61)24-26-51(48)67-56(52,54(47)53)64-30-5-2/h5-10,15-18,21-26,31-34,36,41,46,52-54,59-60H,2,4,11-14,19-20,27-30,35,37H2,1,3H3. The lowest BCUT2D eigenvalue weighted by atomic mass is 9.55. The summed E-state index contributed by atoms with van der Waals surface area (Å²) in [6.45, 7) is 7.14. The molecule has 1 fully saturated rings. The number of ether oxygens (including phenoxy) is 4. The van der Waals surface area contributed by atoms with E-state index in [2.05, 4.69) is 19.6 Å². The van der Waals surface area contributed by atoms with Crippen molar-refractivity contribution in [1.82, 2.24) is 4.90 Å². The van der Waals surface area contributed by atoms with Crippen LogP contribution in [0.1, 0.15) is 96.1 Å². The van der Waals surface area contributed by atoms with Gasteiger partial charge in [0.1, 0.15) is 35.6 Å². The van der Waals surface area contributed by atoms with E-state index in [0.29, 0.717) is 59.9 Å². The summed E-state index contributed by atoms with van der Waals surface area (Å²) < 4.78 is 26.6. The summed E-state index contributed by atoms with van der Waals surface area (Å²) in [4.78, 5) is 35.6. The number of hydrogen-bond acceptors (Lipinski definition) is 10. The van der Waals surface area contributed by atoms with Crippen molar-refractivity contribution in [2.45, 2.75) is 82.6 Å². The van der Waals surface area contributed by atoms with E-state index < -0.39 is 17.7 Å². The number of aldehydes is 1. The third-order valence-corrected chi connectivity index (χ3v) is 13.6. The molecule has 11 nitrogen and oxygen atoms in total. The van der Waals surface area contributed by atoms with E-state index in [-0.39, 0.29) is 56.5 Å². The van der Waals surface area contributed by atoms with E-state index in [4.69, 9.17) is 28.9 Å². The Kier molecular flexibility index (Phi) is 15.5. The van der Waals surface area contributed by atoms with Crippen molar-refractivity contribution in [2.75, 3.05) is 33.5 Å². The van der Waals surface area contributed by atoms with Crippen molar-refractivity contribution in [2.24, 2.45) is 22.9 Å². The molecule has 0 saturated heterocycles. The molecule has 0 spiro atoms. The lowest BCUT2D eigenvalue weighted by Crippen LogP contribution is -2.70. The second kappa shape index (κ2) is 22.0. The highest BCUT2D eigenvalue weighted by atomic mass is 16.7. The molecule has 1 aliphatic heterocycles. The van der Waals surface area contributed by atoms with Crippen molar-refractivity contribution in [3.63, 3.8) is 0 Å². The minimum absolute atomic E-state index is 0.0207. The summed E-state index contributed by atoms with van der Waals surface area (Å²) in [6, 6.07) is 34.1. The molecule has 0 bridgehead atoms. The average molecular weight is 907 g/mol. The number of benzene rings is 5. The van der Waals surface area contributed by atoms with Crippen LogP contribution in [-0.4, -0.2) is 78.3 Å². The number of rotatable bonds is 22. The van der Waals surface area contributed by atoms with E-state index in [1.54, 1.807) is 24.3 Å². The van der Waals surface area contributed by atoms with Gasteiger partial charge in [0.25, 0.3) is 5.91 Å². The van der Waals surface area contributed by atoms with Gasteiger partial charge < -0.3 is 38.9 Å². The Morgan fingerprint density at radius 1 is 0.896 bits per heavy atom. The van der Waals surface area contributed by atoms with Crippen molar-refractivity contribution >= 4 is 28.7 Å². The Morgan fingerprint density at radius 3 is 2.39 bits per heavy atom. The Hall–Kier alpha value is -6.27. The number of unbranched alkanes of at least 4 members (excludes halogenated alkanes) is 2. The zero-order valence-electron chi connectivity index (χ0n) is 38.6. The van der Waals surface area contributed by atoms with Crippen LogP contribution in [0.5, 0.6) is 23.0 Å². The lowest BCUT2D eigenvalue weighted by molar-refractivity contribution is -0.254. The molecule has 2 aliphatic carbocycles. The van der Waals surface area contributed by atoms with Crippen molar-refractivity contribution < 1.29 is 43.6 Å². The molecular formula is C56H62N2O9. The van der Waals surface area contributed by atoms with Gasteiger partial charge in [-0.15, -0.1) is 6.58 Å². The first kappa shape index (κ1) is 47.2. The van der Waals surface area contributed by atoms with Crippen molar-refractivity contribution in [3.05, 3.63) is 156 Å². The van der Waals surface area contributed by atoms with Crippen molar-refractivity contribution in [3.8, 4) is 23.0 Å². The second-order valence-electron chi connectivity index (χ2n) is 17.7. The predicted octanol–water partition coefficient (Wildman–Crippen LogP) is 10.8. The zero-order valence-corrected chi connectivity index (χ0v) is 38.6. The number of aliphatic hydroxyl groups excluding tert-OH is 2. The maximum absolute atomic E-state index is 15.3. The number of methoxy groups -OCH3 is 1. The Bertz CT molecular complexity index is 2570. The number of amides is 1. The number of aliphatic hydroxyl groups is 2. The zero-order chi connectivity index (χ0) is 46.8. The molecule has 1 saturated carbocycles. The van der Waals surface area contributed by atoms with Gasteiger partial charge in [-0.25, -0.2) is 0 Å². The molecule has 3 aliphatic rings. The smallest absolute Gasteiger partial charge is 0.254 e. The minimum Gasteiger partial charge on any atom is -0.496 e. The summed E-state index contributed by atoms with van der Waals surface area (Å²) in [7, 11) is 1.52. The fraction of sp³-hybridized carbons (Fsp3) is 0.375. The van der Waals surface area contributed by atoms with Crippen LogP contribution in [0.3, 0.4) is 0 Å². The fourth-order valence-electron chi connectivity index (χ4n) is 10.6. The second-order valence-corrected chi connectivity index (χ2v) is 17.7. The first-order chi connectivity index (χ1) is 32.9. The first-order valence-corrected chi connectivity index (χ1v) is 23.7. The number of oxime groups is 1. The summed E-state index contributed by atoms with van der Waals surface area (Å²) in [5.41, 5.74) is 4.49. The first-order valence-electron chi connectivity index (χ1n) is 23.7. The SMILES string of the molecule is C=CCOC12Oc3ccc(Oc4ccc(OC)c(C=O)c4)cc3C3C(CCCCO)C(CCCCO)C=C(C(=NOCc4ccccc4)CC1N(CCC)C(=O)c1ccc4ccccc4c1)C32. The van der Waals surface area contributed by atoms with Crippen LogP contribution in [-0.2, 0) is 16.2 Å². The van der Waals surface area contributed by atoms with E-state index in [0.717, 1.165) is 65.2 Å². The highest BCUT2D eigenvalue weighted by Gasteiger charge is 2.65. The monoisotopic (exact) mass is 906 g/mol. The number of fused-ring (bicyclic) bond motifs is 3. The van der Waals surface area contributed by atoms with Crippen LogP contribution in [0, 0.1) is 17.8 Å². The van der Waals surface area contributed by atoms with Gasteiger partial charge in [-0.2, -0.15) is 0 Å². The molecule has 5 aromatic rings. The molecular weight excluding hydrogens is 845 g/mol. The van der Waals surface area contributed by atoms with Gasteiger partial charge in [0.05, 0.1) is 30.9 Å². The predicted molar refractivity (Wildman–Crippen MR) is 260 cm³/mol. The van der Waals surface area contributed by atoms with Crippen LogP contribution in [0.25, 0.3) is 10.8 Å². The Labute approximate surface area is 393 Å². The number of carbonyl (C=O) groups excluding carboxylic acids is 2. The third kappa shape index (κ3) is 10.1. The van der Waals surface area contributed by atoms with Gasteiger partial charge in [-0.05, 0) is 114 Å². The van der Waals surface area contributed by atoms with Gasteiger partial charge in [0, 0.05) is 43.2 Å². The average Bonchev–Trinajstić information content (AvgIpc) is 3.36. The number of hydrogen-bond donors (Lipinski definition) is 2. The van der Waals surface area contributed by atoms with Crippen LogP contribution < -0.4 is 14.2 Å². The lowest BCUT2D eigenvalue weighted by Gasteiger charge is -2.60. The van der Waals surface area contributed by atoms with Crippen LogP contribution in [0.15, 0.2) is 139 Å². The van der Waals surface area contributed by atoms with E-state index >= 15 is 4.79 Å². The molecule has 6 atom stereocenters. The van der Waals surface area contributed by atoms with Gasteiger partial charge in [0.15, 0.2) is 6.29 Å². The highest BCUT2D eigenvalue weighted by Crippen LogP contribution is 2.62. The van der Waals surface area contributed by atoms with Gasteiger partial charge in [0.2, 0.25) is 5.79 Å². The van der Waals surface area contributed by atoms with Gasteiger partial charge in [-0.3, -0.25) is 9.59 Å². The normalized spacial score (nSPS) is 22.2. The molecule has 67 heavy (non-hydrogen) atoms. The summed E-state index contributed by atoms with van der Waals surface area (Å²) in [5, 5.41) is 27.1. The summed E-state index contributed by atoms with van der Waals surface area (Å²) in [6.07, 6.45) is 10.3. The van der Waals surface area contributed by atoms with Gasteiger partial charge in [-0.1, -0.05) is 97.7 Å². The van der Waals surface area contributed by atoms with Crippen LogP contribution in [0.2, 0.25) is 0 Å². The minimum atomic E-state index is -1.42. The van der Waals surface area contributed by atoms with Crippen LogP contribution in [0.4, 0.5) is 0 Å². The van der Waals surface area contributed by atoms with E-state index in [1.807, 2.05) is 95.9 Å². The summed E-state index contributed by atoms with van der Waals surface area (Å²) >= 11 is 0. The molecule has 0 radical (unpaired) electrons. The van der Waals surface area contributed by atoms with Crippen LogP contribution >= 0.6 is 0 Å². The molecule has 0 aromatic heterocycles. The molecule has 11 heteroatoms. The maximum Gasteiger partial charge on any atom is 0.254 e. The molecule has 8 rings (SSSR count). The topological polar surface area (TPSA) is 136 Å². The fourth-order valence-corrected chi connectivity index (χ4v) is 10.6. The molecule has 1 amide bonds. The Morgan fingerprint density at radius 2 is 1.64 bits per heavy atom. The highest BCUT2D eigenvalue weighted by molar-refractivity contribution is 6.04. The van der Waals surface area contributed by atoms with E-state index in [1.165, 1.54) is 7.11 Å². The van der Waals surface area contributed by atoms with Gasteiger partial charge >= 0.3 is 0 Å². The van der Waals surface area contributed by atoms with E-state index in [9.17, 15) is 15.0 Å². The third-order valence-electron chi connectivity index (χ3n) is 13.6. The van der Waals surface area contributed by atoms with Crippen molar-refractivity contribution in [1.29, 1.82) is 0 Å². The maximum atomic E-state index is 15.3. The number of carbonyl (C=O) groups is 2. The molecule has 1 heterocycles. The number of nitrogens with zero attached hydrogens (tertiary/aromatic N) is 2. The number of allylic oxidation sites excluding steroid dienone is 1. The molecule has 5 aromatic carbocycles. The molecule has 2 N–H and O–H groups in total. The summed E-state index contributed by atoms with van der Waals surface area (Å²) in [5.74, 6) is -0.145.